The first kappa shape index (κ1) is 15.2. The van der Waals surface area contributed by atoms with E-state index in [0.29, 0.717) is 18.2 Å². The van der Waals surface area contributed by atoms with Crippen LogP contribution in [0.4, 0.5) is 0 Å². The highest BCUT2D eigenvalue weighted by Crippen LogP contribution is 2.33. The van der Waals surface area contributed by atoms with Crippen LogP contribution in [0.3, 0.4) is 0 Å². The van der Waals surface area contributed by atoms with Crippen molar-refractivity contribution in [3.8, 4) is 10.6 Å². The molecule has 4 nitrogen and oxygen atoms in total. The molecule has 5 heteroatoms. The number of thiazole rings is 1. The molecule has 1 N–H and O–H groups in total. The van der Waals surface area contributed by atoms with E-state index < -0.39 is 6.10 Å². The molecule has 0 aliphatic heterocycles. The van der Waals surface area contributed by atoms with E-state index in [0.717, 1.165) is 29.0 Å². The summed E-state index contributed by atoms with van der Waals surface area (Å²) in [6, 6.07) is 8.02. The third kappa shape index (κ3) is 3.20. The Balaban J connectivity index is 1.72. The zero-order valence-corrected chi connectivity index (χ0v) is 13.6. The number of hydrogen-bond acceptors (Lipinski definition) is 4. The summed E-state index contributed by atoms with van der Waals surface area (Å²) in [5.41, 5.74) is 2.66. The third-order valence-corrected chi connectivity index (χ3v) is 4.95. The summed E-state index contributed by atoms with van der Waals surface area (Å²) in [5.74, 6) is 0.240. The number of carbonyl (C=O) groups excluding carboxylic acids is 1. The lowest BCUT2D eigenvalue weighted by atomic mass is 10.1. The van der Waals surface area contributed by atoms with E-state index in [1.807, 2.05) is 31.2 Å². The molecule has 1 aromatic carbocycles. The van der Waals surface area contributed by atoms with E-state index in [-0.39, 0.29) is 5.91 Å². The Kier molecular flexibility index (Phi) is 4.27. The van der Waals surface area contributed by atoms with Crippen LogP contribution in [0.5, 0.6) is 0 Å². The van der Waals surface area contributed by atoms with E-state index in [1.54, 1.807) is 17.3 Å². The monoisotopic (exact) mass is 316 g/mol. The molecule has 0 saturated heterocycles. The highest BCUT2D eigenvalue weighted by molar-refractivity contribution is 7.13. The average molecular weight is 316 g/mol. The first-order chi connectivity index (χ1) is 10.6. The van der Waals surface area contributed by atoms with Crippen LogP contribution in [0.1, 0.15) is 28.9 Å². The second kappa shape index (κ2) is 6.18. The van der Waals surface area contributed by atoms with Crippen molar-refractivity contribution < 1.29 is 9.90 Å². The van der Waals surface area contributed by atoms with Gasteiger partial charge in [0, 0.05) is 24.5 Å². The van der Waals surface area contributed by atoms with Gasteiger partial charge in [0.1, 0.15) is 10.7 Å². The molecule has 1 saturated carbocycles. The number of likely N-dealkylation sites (N-methyl/N-ethyl adjacent to an activating group) is 1. The first-order valence-electron chi connectivity index (χ1n) is 7.51. The minimum atomic E-state index is -0.413. The van der Waals surface area contributed by atoms with Crippen molar-refractivity contribution in [2.24, 2.45) is 5.92 Å². The van der Waals surface area contributed by atoms with Crippen LogP contribution >= 0.6 is 11.3 Å². The number of rotatable bonds is 5. The first-order valence-corrected chi connectivity index (χ1v) is 8.39. The van der Waals surface area contributed by atoms with Crippen molar-refractivity contribution in [1.29, 1.82) is 0 Å². The molecule has 1 amide bonds. The van der Waals surface area contributed by atoms with E-state index in [9.17, 15) is 9.90 Å². The lowest BCUT2D eigenvalue weighted by molar-refractivity contribution is 0.0641. The van der Waals surface area contributed by atoms with Crippen LogP contribution in [0.25, 0.3) is 10.6 Å². The van der Waals surface area contributed by atoms with Crippen molar-refractivity contribution >= 4 is 17.2 Å². The molecule has 22 heavy (non-hydrogen) atoms. The van der Waals surface area contributed by atoms with E-state index in [4.69, 9.17) is 0 Å². The van der Waals surface area contributed by atoms with Crippen LogP contribution in [0.2, 0.25) is 0 Å². The number of hydrogen-bond donors (Lipinski definition) is 1. The molecule has 116 valence electrons. The van der Waals surface area contributed by atoms with Crippen LogP contribution in [-0.2, 0) is 0 Å². The van der Waals surface area contributed by atoms with Gasteiger partial charge in [-0.25, -0.2) is 4.98 Å². The number of aliphatic hydroxyl groups is 1. The van der Waals surface area contributed by atoms with Crippen molar-refractivity contribution in [1.82, 2.24) is 9.88 Å². The van der Waals surface area contributed by atoms with E-state index in [1.165, 1.54) is 11.3 Å². The number of nitrogens with zero attached hydrogens (tertiary/aromatic N) is 2. The van der Waals surface area contributed by atoms with Gasteiger partial charge in [0.15, 0.2) is 0 Å². The lowest BCUT2D eigenvalue weighted by Crippen LogP contribution is -2.35. The van der Waals surface area contributed by atoms with Crippen molar-refractivity contribution in [3.05, 3.63) is 40.9 Å². The summed E-state index contributed by atoms with van der Waals surface area (Å²) in [7, 11) is 1.72. The molecule has 1 aliphatic carbocycles. The van der Waals surface area contributed by atoms with Gasteiger partial charge in [0.05, 0.1) is 6.10 Å². The summed E-state index contributed by atoms with van der Waals surface area (Å²) < 4.78 is 0. The predicted octanol–water partition coefficient (Wildman–Crippen LogP) is 2.96. The maximum Gasteiger partial charge on any atom is 0.273 e. The molecular formula is C17H20N2O2S. The number of aromatic nitrogens is 1. The molecule has 1 fully saturated rings. The van der Waals surface area contributed by atoms with Gasteiger partial charge < -0.3 is 10.0 Å². The largest absolute Gasteiger partial charge is 0.391 e. The number of aryl methyl sites for hydroxylation is 1. The normalized spacial score (nSPS) is 15.6. The zero-order chi connectivity index (χ0) is 15.7. The van der Waals surface area contributed by atoms with E-state index in [2.05, 4.69) is 4.98 Å². The molecule has 3 rings (SSSR count). The molecular weight excluding hydrogens is 296 g/mol. The van der Waals surface area contributed by atoms with Gasteiger partial charge in [0.2, 0.25) is 0 Å². The Morgan fingerprint density at radius 1 is 1.45 bits per heavy atom. The van der Waals surface area contributed by atoms with Crippen molar-refractivity contribution in [3.63, 3.8) is 0 Å². The Hall–Kier alpha value is -1.72. The summed E-state index contributed by atoms with van der Waals surface area (Å²) >= 11 is 1.48. The Morgan fingerprint density at radius 2 is 2.18 bits per heavy atom. The molecule has 1 aromatic heterocycles. The van der Waals surface area contributed by atoms with Gasteiger partial charge in [-0.2, -0.15) is 0 Å². The molecule has 0 bridgehead atoms. The maximum absolute atomic E-state index is 12.4. The van der Waals surface area contributed by atoms with Crippen LogP contribution in [-0.4, -0.2) is 40.6 Å². The predicted molar refractivity (Wildman–Crippen MR) is 88.0 cm³/mol. The standard InChI is InChI=1S/C17H20N2O2S/c1-11-5-3-4-6-13(11)16-18-14(10-22-16)17(21)19(2)9-15(20)12-7-8-12/h3-6,10,12,15,20H,7-9H2,1-2H3. The molecule has 1 heterocycles. The maximum atomic E-state index is 12.4. The Labute approximate surface area is 134 Å². The second-order valence-electron chi connectivity index (χ2n) is 5.94. The Morgan fingerprint density at radius 3 is 2.86 bits per heavy atom. The Bertz CT molecular complexity index is 679. The van der Waals surface area contributed by atoms with Gasteiger partial charge in [-0.05, 0) is 31.2 Å². The summed E-state index contributed by atoms with van der Waals surface area (Å²) in [5, 5.41) is 12.6. The number of carbonyl (C=O) groups is 1. The topological polar surface area (TPSA) is 53.4 Å². The van der Waals surface area contributed by atoms with Gasteiger partial charge >= 0.3 is 0 Å². The molecule has 2 aromatic rings. The number of aliphatic hydroxyl groups excluding tert-OH is 1. The van der Waals surface area contributed by atoms with Crippen LogP contribution < -0.4 is 0 Å². The fraction of sp³-hybridized carbons (Fsp3) is 0.412. The van der Waals surface area contributed by atoms with Gasteiger partial charge in [-0.3, -0.25) is 4.79 Å². The SMILES string of the molecule is Cc1ccccc1-c1nc(C(=O)N(C)CC(O)C2CC2)cs1. The minimum absolute atomic E-state index is 0.129. The number of amides is 1. The van der Waals surface area contributed by atoms with Crippen molar-refractivity contribution in [2.45, 2.75) is 25.9 Å². The summed E-state index contributed by atoms with van der Waals surface area (Å²) in [6.07, 6.45) is 1.72. The average Bonchev–Trinajstić information content (AvgIpc) is 3.25. The molecule has 1 aliphatic rings. The zero-order valence-electron chi connectivity index (χ0n) is 12.8. The van der Waals surface area contributed by atoms with Crippen molar-refractivity contribution in [2.75, 3.05) is 13.6 Å². The smallest absolute Gasteiger partial charge is 0.273 e. The summed E-state index contributed by atoms with van der Waals surface area (Å²) in [4.78, 5) is 18.5. The molecule has 1 atom stereocenters. The van der Waals surface area contributed by atoms with Crippen LogP contribution in [0.15, 0.2) is 29.6 Å². The third-order valence-electron chi connectivity index (χ3n) is 4.07. The fourth-order valence-corrected chi connectivity index (χ4v) is 3.38. The molecule has 0 radical (unpaired) electrons. The van der Waals surface area contributed by atoms with E-state index >= 15 is 0 Å². The fourth-order valence-electron chi connectivity index (χ4n) is 2.50. The second-order valence-corrected chi connectivity index (χ2v) is 6.80. The van der Waals surface area contributed by atoms with Gasteiger partial charge in [0.25, 0.3) is 5.91 Å². The quantitative estimate of drug-likeness (QED) is 0.922. The highest BCUT2D eigenvalue weighted by Gasteiger charge is 2.31. The highest BCUT2D eigenvalue weighted by atomic mass is 32.1. The lowest BCUT2D eigenvalue weighted by Gasteiger charge is -2.19. The van der Waals surface area contributed by atoms with Gasteiger partial charge in [-0.15, -0.1) is 11.3 Å². The van der Waals surface area contributed by atoms with Crippen LogP contribution in [0, 0.1) is 12.8 Å². The minimum Gasteiger partial charge on any atom is -0.391 e. The number of benzene rings is 1. The molecule has 0 spiro atoms. The molecule has 1 unspecified atom stereocenters. The van der Waals surface area contributed by atoms with Gasteiger partial charge in [-0.1, -0.05) is 24.3 Å². The summed E-state index contributed by atoms with van der Waals surface area (Å²) in [6.45, 7) is 2.41.